The summed E-state index contributed by atoms with van der Waals surface area (Å²) in [5, 5.41) is 11.3. The van der Waals surface area contributed by atoms with Gasteiger partial charge in [-0.1, -0.05) is 35.9 Å². The zero-order valence-corrected chi connectivity index (χ0v) is 10.9. The molecule has 3 rings (SSSR count). The molecule has 1 aromatic carbocycles. The predicted octanol–water partition coefficient (Wildman–Crippen LogP) is 4.03. The minimum atomic E-state index is -0.716. The van der Waals surface area contributed by atoms with Gasteiger partial charge in [-0.2, -0.15) is 0 Å². The fourth-order valence-electron chi connectivity index (χ4n) is 1.86. The van der Waals surface area contributed by atoms with Crippen molar-refractivity contribution in [1.82, 2.24) is 4.98 Å². The molecule has 1 N–H and O–H groups in total. The van der Waals surface area contributed by atoms with Gasteiger partial charge >= 0.3 is 0 Å². The second-order valence-electron chi connectivity index (χ2n) is 3.97. The minimum absolute atomic E-state index is 0.646. The summed E-state index contributed by atoms with van der Waals surface area (Å²) in [6.07, 6.45) is -0.716. The number of nitrogens with zero attached hydrogens (tertiary/aromatic N) is 1. The standard InChI is InChI=1S/C14H10ClNOS/c15-13-8-7-12(18-13)14(17)11-6-5-9-3-1-2-4-10(9)16-11/h1-8,14,17H. The highest BCUT2D eigenvalue weighted by atomic mass is 35.5. The molecular weight excluding hydrogens is 266 g/mol. The summed E-state index contributed by atoms with van der Waals surface area (Å²) in [4.78, 5) is 5.28. The molecule has 2 nitrogen and oxygen atoms in total. The molecule has 0 amide bonds. The topological polar surface area (TPSA) is 33.1 Å². The van der Waals surface area contributed by atoms with Gasteiger partial charge < -0.3 is 5.11 Å². The highest BCUT2D eigenvalue weighted by Crippen LogP contribution is 2.30. The first-order valence-electron chi connectivity index (χ1n) is 5.53. The number of fused-ring (bicyclic) bond motifs is 1. The lowest BCUT2D eigenvalue weighted by Gasteiger charge is -2.08. The molecule has 0 fully saturated rings. The van der Waals surface area contributed by atoms with Gasteiger partial charge in [-0.15, -0.1) is 11.3 Å². The van der Waals surface area contributed by atoms with Crippen LogP contribution in [0.4, 0.5) is 0 Å². The van der Waals surface area contributed by atoms with Gasteiger partial charge in [0.15, 0.2) is 0 Å². The number of aliphatic hydroxyl groups is 1. The Morgan fingerprint density at radius 1 is 1.06 bits per heavy atom. The molecule has 0 saturated carbocycles. The molecule has 1 atom stereocenters. The molecule has 3 aromatic rings. The van der Waals surface area contributed by atoms with E-state index < -0.39 is 6.10 Å². The van der Waals surface area contributed by atoms with Crippen LogP contribution in [-0.2, 0) is 0 Å². The lowest BCUT2D eigenvalue weighted by molar-refractivity contribution is 0.219. The summed E-state index contributed by atoms with van der Waals surface area (Å²) in [5.41, 5.74) is 1.53. The molecular formula is C14H10ClNOS. The van der Waals surface area contributed by atoms with E-state index in [9.17, 15) is 5.11 Å². The summed E-state index contributed by atoms with van der Waals surface area (Å²) >= 11 is 7.25. The van der Waals surface area contributed by atoms with Crippen LogP contribution in [0.5, 0.6) is 0 Å². The SMILES string of the molecule is OC(c1ccc2ccccc2n1)c1ccc(Cl)s1. The van der Waals surface area contributed by atoms with Gasteiger partial charge in [0.2, 0.25) is 0 Å². The van der Waals surface area contributed by atoms with Crippen molar-refractivity contribution in [3.63, 3.8) is 0 Å². The summed E-state index contributed by atoms with van der Waals surface area (Å²) in [7, 11) is 0. The van der Waals surface area contributed by atoms with Gasteiger partial charge in [0.25, 0.3) is 0 Å². The first kappa shape index (κ1) is 11.7. The summed E-state index contributed by atoms with van der Waals surface area (Å²) in [6, 6.07) is 15.3. The minimum Gasteiger partial charge on any atom is -0.381 e. The van der Waals surface area contributed by atoms with Crippen LogP contribution >= 0.6 is 22.9 Å². The van der Waals surface area contributed by atoms with Gasteiger partial charge in [-0.3, -0.25) is 0 Å². The third-order valence-corrected chi connectivity index (χ3v) is 4.05. The molecule has 0 spiro atoms. The maximum absolute atomic E-state index is 10.3. The summed E-state index contributed by atoms with van der Waals surface area (Å²) in [6.45, 7) is 0. The van der Waals surface area contributed by atoms with Crippen LogP contribution in [0.15, 0.2) is 48.5 Å². The van der Waals surface area contributed by atoms with Gasteiger partial charge in [-0.05, 0) is 24.3 Å². The molecule has 4 heteroatoms. The summed E-state index contributed by atoms with van der Waals surface area (Å²) in [5.74, 6) is 0. The van der Waals surface area contributed by atoms with Gasteiger partial charge in [-0.25, -0.2) is 4.98 Å². The number of aromatic nitrogens is 1. The zero-order valence-electron chi connectivity index (χ0n) is 9.38. The Hall–Kier alpha value is -1.42. The number of rotatable bonds is 2. The second kappa shape index (κ2) is 4.69. The lowest BCUT2D eigenvalue weighted by atomic mass is 10.1. The van der Waals surface area contributed by atoms with Crippen molar-refractivity contribution in [2.24, 2.45) is 0 Å². The van der Waals surface area contributed by atoms with Crippen molar-refractivity contribution in [2.75, 3.05) is 0 Å². The number of aliphatic hydroxyl groups excluding tert-OH is 1. The highest BCUT2D eigenvalue weighted by molar-refractivity contribution is 7.16. The quantitative estimate of drug-likeness (QED) is 0.766. The van der Waals surface area contributed by atoms with E-state index in [1.165, 1.54) is 11.3 Å². The number of halogens is 1. The number of hydrogen-bond donors (Lipinski definition) is 1. The normalized spacial score (nSPS) is 12.8. The highest BCUT2D eigenvalue weighted by Gasteiger charge is 2.14. The Morgan fingerprint density at radius 3 is 2.67 bits per heavy atom. The van der Waals surface area contributed by atoms with E-state index >= 15 is 0 Å². The Balaban J connectivity index is 2.03. The van der Waals surface area contributed by atoms with Gasteiger partial charge in [0.1, 0.15) is 6.10 Å². The van der Waals surface area contributed by atoms with Crippen molar-refractivity contribution in [1.29, 1.82) is 0 Å². The molecule has 0 radical (unpaired) electrons. The monoisotopic (exact) mass is 275 g/mol. The Bertz CT molecular complexity index is 695. The fraction of sp³-hybridized carbons (Fsp3) is 0.0714. The van der Waals surface area contributed by atoms with E-state index in [0.717, 1.165) is 15.8 Å². The number of para-hydroxylation sites is 1. The van der Waals surface area contributed by atoms with Crippen molar-refractivity contribution in [3.05, 3.63) is 63.4 Å². The molecule has 0 aliphatic carbocycles. The number of thiophene rings is 1. The van der Waals surface area contributed by atoms with Crippen LogP contribution in [0.3, 0.4) is 0 Å². The number of pyridine rings is 1. The number of hydrogen-bond acceptors (Lipinski definition) is 3. The fourth-order valence-corrected chi connectivity index (χ4v) is 2.92. The van der Waals surface area contributed by atoms with Crippen LogP contribution in [0.2, 0.25) is 4.34 Å². The molecule has 0 aliphatic rings. The first-order chi connectivity index (χ1) is 8.74. The van der Waals surface area contributed by atoms with Crippen LogP contribution < -0.4 is 0 Å². The van der Waals surface area contributed by atoms with Crippen molar-refractivity contribution >= 4 is 33.8 Å². The molecule has 18 heavy (non-hydrogen) atoms. The van der Waals surface area contributed by atoms with E-state index in [-0.39, 0.29) is 0 Å². The van der Waals surface area contributed by atoms with Gasteiger partial charge in [0.05, 0.1) is 15.5 Å². The number of benzene rings is 1. The largest absolute Gasteiger partial charge is 0.381 e. The third kappa shape index (κ3) is 2.12. The molecule has 2 aromatic heterocycles. The predicted molar refractivity (Wildman–Crippen MR) is 75.1 cm³/mol. The second-order valence-corrected chi connectivity index (χ2v) is 5.72. The molecule has 90 valence electrons. The van der Waals surface area contributed by atoms with Crippen LogP contribution in [0, 0.1) is 0 Å². The molecule has 0 saturated heterocycles. The lowest BCUT2D eigenvalue weighted by Crippen LogP contribution is -2.00. The maximum atomic E-state index is 10.3. The zero-order chi connectivity index (χ0) is 12.5. The molecule has 0 bridgehead atoms. The summed E-state index contributed by atoms with van der Waals surface area (Å²) < 4.78 is 0.671. The Labute approximate surface area is 113 Å². The molecule has 0 aliphatic heterocycles. The third-order valence-electron chi connectivity index (χ3n) is 2.76. The van der Waals surface area contributed by atoms with Crippen molar-refractivity contribution < 1.29 is 5.11 Å². The Kier molecular flexibility index (Phi) is 3.04. The van der Waals surface area contributed by atoms with Gasteiger partial charge in [0, 0.05) is 10.3 Å². The van der Waals surface area contributed by atoms with Crippen LogP contribution in [0.1, 0.15) is 16.7 Å². The molecule has 1 unspecified atom stereocenters. The van der Waals surface area contributed by atoms with Crippen LogP contribution in [-0.4, -0.2) is 10.1 Å². The molecule has 2 heterocycles. The van der Waals surface area contributed by atoms with Crippen molar-refractivity contribution in [3.8, 4) is 0 Å². The van der Waals surface area contributed by atoms with E-state index in [4.69, 9.17) is 11.6 Å². The average Bonchev–Trinajstić information content (AvgIpc) is 2.84. The van der Waals surface area contributed by atoms with E-state index in [1.54, 1.807) is 6.07 Å². The van der Waals surface area contributed by atoms with E-state index in [1.807, 2.05) is 42.5 Å². The van der Waals surface area contributed by atoms with E-state index in [2.05, 4.69) is 4.98 Å². The first-order valence-corrected chi connectivity index (χ1v) is 6.72. The van der Waals surface area contributed by atoms with Crippen molar-refractivity contribution in [2.45, 2.75) is 6.10 Å². The smallest absolute Gasteiger partial charge is 0.130 e. The maximum Gasteiger partial charge on any atom is 0.130 e. The van der Waals surface area contributed by atoms with E-state index in [0.29, 0.717) is 10.0 Å². The Morgan fingerprint density at radius 2 is 1.89 bits per heavy atom. The average molecular weight is 276 g/mol. The van der Waals surface area contributed by atoms with Crippen LogP contribution in [0.25, 0.3) is 10.9 Å².